The monoisotopic (exact) mass is 525 g/mol. The maximum Gasteiger partial charge on any atom is 0.0384 e. The maximum atomic E-state index is 3.48. The van der Waals surface area contributed by atoms with Crippen LogP contribution >= 0.6 is 15.9 Å². The van der Waals surface area contributed by atoms with Crippen molar-refractivity contribution in [3.8, 4) is 33.4 Å². The zero-order valence-electron chi connectivity index (χ0n) is 19.7. The molecule has 6 rings (SSSR count). The van der Waals surface area contributed by atoms with Crippen molar-refractivity contribution >= 4 is 38.1 Å². The highest BCUT2D eigenvalue weighted by molar-refractivity contribution is 9.10. The first kappa shape index (κ1) is 22.3. The van der Waals surface area contributed by atoms with Crippen molar-refractivity contribution in [3.05, 3.63) is 144 Å². The molecule has 0 amide bonds. The molecule has 0 aliphatic heterocycles. The molecular formula is C34H24BrN. The molecule has 0 atom stereocenters. The van der Waals surface area contributed by atoms with Crippen LogP contribution in [-0.4, -0.2) is 0 Å². The van der Waals surface area contributed by atoms with Crippen LogP contribution in [0.2, 0.25) is 0 Å². The summed E-state index contributed by atoms with van der Waals surface area (Å²) in [5.74, 6) is 0. The van der Waals surface area contributed by atoms with Gasteiger partial charge in [-0.1, -0.05) is 119 Å². The fourth-order valence-electron chi connectivity index (χ4n) is 4.71. The molecule has 36 heavy (non-hydrogen) atoms. The minimum Gasteiger partial charge on any atom is -0.356 e. The van der Waals surface area contributed by atoms with Crippen LogP contribution in [0.1, 0.15) is 0 Å². The second kappa shape index (κ2) is 9.85. The van der Waals surface area contributed by atoms with Crippen LogP contribution in [0.15, 0.2) is 144 Å². The molecule has 0 radical (unpaired) electrons. The van der Waals surface area contributed by atoms with Crippen molar-refractivity contribution < 1.29 is 0 Å². The minimum absolute atomic E-state index is 1.07. The largest absolute Gasteiger partial charge is 0.356 e. The maximum absolute atomic E-state index is 3.48. The summed E-state index contributed by atoms with van der Waals surface area (Å²) in [4.78, 5) is 0. The Kier molecular flexibility index (Phi) is 6.11. The van der Waals surface area contributed by atoms with Crippen LogP contribution < -0.4 is 5.32 Å². The first-order valence-electron chi connectivity index (χ1n) is 12.1. The second-order valence-corrected chi connectivity index (χ2v) is 9.77. The van der Waals surface area contributed by atoms with Crippen LogP contribution in [0.3, 0.4) is 0 Å². The normalized spacial score (nSPS) is 10.9. The third-order valence-corrected chi connectivity index (χ3v) is 7.08. The lowest BCUT2D eigenvalue weighted by atomic mass is 9.91. The number of anilines is 2. The summed E-state index contributed by atoms with van der Waals surface area (Å²) >= 11 is 3.48. The van der Waals surface area contributed by atoms with Gasteiger partial charge in [-0.3, -0.25) is 0 Å². The zero-order chi connectivity index (χ0) is 24.3. The highest BCUT2D eigenvalue weighted by Crippen LogP contribution is 2.36. The van der Waals surface area contributed by atoms with Crippen LogP contribution in [0, 0.1) is 0 Å². The summed E-state index contributed by atoms with van der Waals surface area (Å²) in [6.45, 7) is 0. The van der Waals surface area contributed by atoms with Crippen molar-refractivity contribution in [2.75, 3.05) is 5.32 Å². The van der Waals surface area contributed by atoms with Crippen LogP contribution in [-0.2, 0) is 0 Å². The minimum atomic E-state index is 1.07. The summed E-state index contributed by atoms with van der Waals surface area (Å²) in [5.41, 5.74) is 9.54. The molecule has 0 heterocycles. The van der Waals surface area contributed by atoms with Crippen LogP contribution in [0.4, 0.5) is 11.4 Å². The van der Waals surface area contributed by atoms with Crippen molar-refractivity contribution in [1.29, 1.82) is 0 Å². The SMILES string of the molecule is Brc1ccc(Nc2ccc(-c3ccc(-c4ccc(-c5ccccc5)c5ccccc45)cc3)cc2)cc1. The predicted octanol–water partition coefficient (Wildman–Crippen LogP) is 10.3. The molecule has 0 saturated carbocycles. The predicted molar refractivity (Wildman–Crippen MR) is 158 cm³/mol. The Labute approximate surface area is 220 Å². The average molecular weight is 526 g/mol. The van der Waals surface area contributed by atoms with E-state index >= 15 is 0 Å². The van der Waals surface area contributed by atoms with Gasteiger partial charge in [0.1, 0.15) is 0 Å². The molecule has 0 aromatic heterocycles. The molecule has 0 aliphatic carbocycles. The van der Waals surface area contributed by atoms with Gasteiger partial charge in [0.05, 0.1) is 0 Å². The van der Waals surface area contributed by atoms with E-state index in [2.05, 4.69) is 149 Å². The number of fused-ring (bicyclic) bond motifs is 1. The number of halogens is 1. The molecule has 0 unspecified atom stereocenters. The summed E-state index contributed by atoms with van der Waals surface area (Å²) in [7, 11) is 0. The summed E-state index contributed by atoms with van der Waals surface area (Å²) in [6.07, 6.45) is 0. The number of benzene rings is 6. The van der Waals surface area contributed by atoms with Gasteiger partial charge in [-0.15, -0.1) is 0 Å². The van der Waals surface area contributed by atoms with E-state index in [1.807, 2.05) is 12.1 Å². The van der Waals surface area contributed by atoms with Gasteiger partial charge in [0.2, 0.25) is 0 Å². The molecule has 2 heteroatoms. The second-order valence-electron chi connectivity index (χ2n) is 8.86. The lowest BCUT2D eigenvalue weighted by molar-refractivity contribution is 1.53. The quantitative estimate of drug-likeness (QED) is 0.236. The lowest BCUT2D eigenvalue weighted by Crippen LogP contribution is -1.90. The van der Waals surface area contributed by atoms with E-state index in [1.165, 1.54) is 44.2 Å². The Hall–Kier alpha value is -4.14. The first-order valence-corrected chi connectivity index (χ1v) is 12.8. The topological polar surface area (TPSA) is 12.0 Å². The fraction of sp³-hybridized carbons (Fsp3) is 0. The summed E-state index contributed by atoms with van der Waals surface area (Å²) < 4.78 is 1.08. The first-order chi connectivity index (χ1) is 17.7. The van der Waals surface area contributed by atoms with Gasteiger partial charge in [0.25, 0.3) is 0 Å². The van der Waals surface area contributed by atoms with E-state index in [0.29, 0.717) is 0 Å². The Morgan fingerprint density at radius 3 is 1.33 bits per heavy atom. The molecule has 0 saturated heterocycles. The van der Waals surface area contributed by atoms with Gasteiger partial charge in [-0.2, -0.15) is 0 Å². The Morgan fingerprint density at radius 1 is 0.361 bits per heavy atom. The molecule has 6 aromatic rings. The van der Waals surface area contributed by atoms with Gasteiger partial charge in [-0.05, 0) is 80.6 Å². The Bertz CT molecular complexity index is 1620. The van der Waals surface area contributed by atoms with E-state index in [9.17, 15) is 0 Å². The lowest BCUT2D eigenvalue weighted by Gasteiger charge is -2.13. The van der Waals surface area contributed by atoms with Crippen molar-refractivity contribution in [2.45, 2.75) is 0 Å². The van der Waals surface area contributed by atoms with Crippen molar-refractivity contribution in [2.24, 2.45) is 0 Å². The Morgan fingerprint density at radius 2 is 0.778 bits per heavy atom. The van der Waals surface area contributed by atoms with E-state index in [-0.39, 0.29) is 0 Å². The molecule has 172 valence electrons. The molecule has 0 bridgehead atoms. The van der Waals surface area contributed by atoms with E-state index in [1.54, 1.807) is 0 Å². The van der Waals surface area contributed by atoms with Gasteiger partial charge in [0, 0.05) is 15.8 Å². The third-order valence-electron chi connectivity index (χ3n) is 6.56. The molecular weight excluding hydrogens is 502 g/mol. The number of hydrogen-bond acceptors (Lipinski definition) is 1. The number of rotatable bonds is 5. The van der Waals surface area contributed by atoms with E-state index in [4.69, 9.17) is 0 Å². The van der Waals surface area contributed by atoms with Crippen molar-refractivity contribution in [1.82, 2.24) is 0 Å². The van der Waals surface area contributed by atoms with E-state index in [0.717, 1.165) is 15.8 Å². The third kappa shape index (κ3) is 4.56. The molecule has 0 aliphatic rings. The van der Waals surface area contributed by atoms with Gasteiger partial charge >= 0.3 is 0 Å². The van der Waals surface area contributed by atoms with Gasteiger partial charge in [0.15, 0.2) is 0 Å². The van der Waals surface area contributed by atoms with E-state index < -0.39 is 0 Å². The van der Waals surface area contributed by atoms with Crippen LogP contribution in [0.5, 0.6) is 0 Å². The smallest absolute Gasteiger partial charge is 0.0384 e. The molecule has 0 spiro atoms. The Balaban J connectivity index is 1.28. The standard InChI is InChI=1S/C34H24BrN/c35-28-16-20-30(21-17-28)36-29-18-14-25(15-19-29)24-10-12-27(13-11-24)32-23-22-31(26-6-2-1-3-7-26)33-8-4-5-9-34(32)33/h1-23,36H. The number of hydrogen-bond donors (Lipinski definition) is 1. The highest BCUT2D eigenvalue weighted by Gasteiger charge is 2.09. The van der Waals surface area contributed by atoms with Crippen molar-refractivity contribution in [3.63, 3.8) is 0 Å². The average Bonchev–Trinajstić information content (AvgIpc) is 2.95. The molecule has 0 fully saturated rings. The zero-order valence-corrected chi connectivity index (χ0v) is 21.2. The van der Waals surface area contributed by atoms with Gasteiger partial charge < -0.3 is 5.32 Å². The molecule has 1 N–H and O–H groups in total. The molecule has 1 nitrogen and oxygen atoms in total. The number of nitrogens with one attached hydrogen (secondary N) is 1. The summed E-state index contributed by atoms with van der Waals surface area (Å²) in [6, 6.07) is 49.5. The molecule has 6 aromatic carbocycles. The fourth-order valence-corrected chi connectivity index (χ4v) is 4.97. The highest BCUT2D eigenvalue weighted by atomic mass is 79.9. The van der Waals surface area contributed by atoms with Crippen LogP contribution in [0.25, 0.3) is 44.2 Å². The summed E-state index contributed by atoms with van der Waals surface area (Å²) in [5, 5.41) is 6.00. The van der Waals surface area contributed by atoms with Gasteiger partial charge in [-0.25, -0.2) is 0 Å².